The number of carbonyl (C=O) groups is 1. The van der Waals surface area contributed by atoms with Gasteiger partial charge in [-0.15, -0.1) is 0 Å². The molecule has 0 aliphatic carbocycles. The smallest absolute Gasteiger partial charge is 0.262 e. The number of ether oxygens (including phenoxy) is 1. The van der Waals surface area contributed by atoms with E-state index in [4.69, 9.17) is 16.3 Å². The van der Waals surface area contributed by atoms with Gasteiger partial charge in [0.1, 0.15) is 5.75 Å². The Kier molecular flexibility index (Phi) is 5.99. The number of carbonyl (C=O) groups excluding carboxylic acids is 1. The lowest BCUT2D eigenvalue weighted by Gasteiger charge is -2.11. The molecule has 0 radical (unpaired) electrons. The van der Waals surface area contributed by atoms with Crippen LogP contribution in [0.1, 0.15) is 0 Å². The Morgan fingerprint density at radius 1 is 0.960 bits per heavy atom. The van der Waals surface area contributed by atoms with Crippen LogP contribution in [0, 0.1) is 0 Å². The minimum Gasteiger partial charge on any atom is -0.484 e. The summed E-state index contributed by atoms with van der Waals surface area (Å²) in [5.74, 6) is 0.343. The zero-order chi connectivity index (χ0) is 17.5. The highest BCUT2D eigenvalue weighted by Crippen LogP contribution is 2.33. The minimum atomic E-state index is -0.221. The van der Waals surface area contributed by atoms with Gasteiger partial charge in [0.25, 0.3) is 5.91 Å². The van der Waals surface area contributed by atoms with Gasteiger partial charge in [-0.05, 0) is 42.5 Å². The summed E-state index contributed by atoms with van der Waals surface area (Å²) in [4.78, 5) is 14.3. The van der Waals surface area contributed by atoms with Crippen LogP contribution in [-0.4, -0.2) is 12.5 Å². The van der Waals surface area contributed by atoms with E-state index in [0.29, 0.717) is 10.8 Å². The first-order valence-electron chi connectivity index (χ1n) is 7.71. The molecular formula is C20H16ClNO2S. The van der Waals surface area contributed by atoms with Gasteiger partial charge < -0.3 is 10.1 Å². The predicted molar refractivity (Wildman–Crippen MR) is 103 cm³/mol. The Labute approximate surface area is 156 Å². The SMILES string of the molecule is O=C(COc1cccc(Cl)c1)Nc1ccccc1Sc1ccccc1. The van der Waals surface area contributed by atoms with E-state index in [2.05, 4.69) is 5.32 Å². The number of halogens is 1. The maximum Gasteiger partial charge on any atom is 0.262 e. The summed E-state index contributed by atoms with van der Waals surface area (Å²) in [6.45, 7) is -0.0787. The van der Waals surface area contributed by atoms with E-state index in [0.717, 1.165) is 15.5 Å². The molecule has 0 aromatic heterocycles. The van der Waals surface area contributed by atoms with Crippen molar-refractivity contribution in [2.75, 3.05) is 11.9 Å². The van der Waals surface area contributed by atoms with Gasteiger partial charge in [-0.2, -0.15) is 0 Å². The molecule has 0 heterocycles. The van der Waals surface area contributed by atoms with Gasteiger partial charge in [0.05, 0.1) is 5.69 Å². The molecule has 25 heavy (non-hydrogen) atoms. The molecule has 5 heteroatoms. The van der Waals surface area contributed by atoms with E-state index in [1.807, 2.05) is 54.6 Å². The van der Waals surface area contributed by atoms with E-state index >= 15 is 0 Å². The number of hydrogen-bond donors (Lipinski definition) is 1. The summed E-state index contributed by atoms with van der Waals surface area (Å²) < 4.78 is 5.48. The molecule has 3 aromatic carbocycles. The van der Waals surface area contributed by atoms with Crippen molar-refractivity contribution in [3.05, 3.63) is 83.9 Å². The lowest BCUT2D eigenvalue weighted by molar-refractivity contribution is -0.118. The first-order chi connectivity index (χ1) is 12.2. The summed E-state index contributed by atoms with van der Waals surface area (Å²) in [6, 6.07) is 24.7. The molecule has 3 nitrogen and oxygen atoms in total. The Balaban J connectivity index is 1.63. The van der Waals surface area contributed by atoms with Crippen molar-refractivity contribution < 1.29 is 9.53 Å². The third-order valence-electron chi connectivity index (χ3n) is 3.30. The lowest BCUT2D eigenvalue weighted by atomic mass is 10.3. The van der Waals surface area contributed by atoms with Crippen molar-refractivity contribution in [1.29, 1.82) is 0 Å². The highest BCUT2D eigenvalue weighted by molar-refractivity contribution is 7.99. The van der Waals surface area contributed by atoms with E-state index in [1.165, 1.54) is 0 Å². The summed E-state index contributed by atoms with van der Waals surface area (Å²) in [7, 11) is 0. The quantitative estimate of drug-likeness (QED) is 0.622. The second-order valence-corrected chi connectivity index (χ2v) is 6.76. The molecule has 0 aliphatic rings. The third-order valence-corrected chi connectivity index (χ3v) is 4.62. The summed E-state index contributed by atoms with van der Waals surface area (Å²) in [5.41, 5.74) is 0.760. The summed E-state index contributed by atoms with van der Waals surface area (Å²) >= 11 is 7.50. The van der Waals surface area contributed by atoms with Crippen molar-refractivity contribution >= 4 is 35.0 Å². The van der Waals surface area contributed by atoms with Crippen LogP contribution in [0.15, 0.2) is 88.7 Å². The number of anilines is 1. The van der Waals surface area contributed by atoms with Gasteiger partial charge in [0.2, 0.25) is 0 Å². The van der Waals surface area contributed by atoms with Crippen molar-refractivity contribution in [1.82, 2.24) is 0 Å². The average Bonchev–Trinajstić information content (AvgIpc) is 2.63. The van der Waals surface area contributed by atoms with Gasteiger partial charge in [-0.3, -0.25) is 4.79 Å². The first kappa shape index (κ1) is 17.4. The van der Waals surface area contributed by atoms with Crippen molar-refractivity contribution in [3.8, 4) is 5.75 Å². The summed E-state index contributed by atoms with van der Waals surface area (Å²) in [5, 5.41) is 3.47. The second kappa shape index (κ2) is 8.60. The second-order valence-electron chi connectivity index (χ2n) is 5.21. The van der Waals surface area contributed by atoms with Crippen molar-refractivity contribution in [2.45, 2.75) is 9.79 Å². The molecule has 3 aromatic rings. The Morgan fingerprint density at radius 2 is 1.72 bits per heavy atom. The van der Waals surface area contributed by atoms with Gasteiger partial charge in [-0.1, -0.05) is 59.8 Å². The minimum absolute atomic E-state index is 0.0787. The molecular weight excluding hydrogens is 354 g/mol. The molecule has 0 aliphatic heterocycles. The molecule has 0 fully saturated rings. The van der Waals surface area contributed by atoms with Crippen LogP contribution in [0.25, 0.3) is 0 Å². The van der Waals surface area contributed by atoms with E-state index < -0.39 is 0 Å². The molecule has 0 atom stereocenters. The lowest BCUT2D eigenvalue weighted by Crippen LogP contribution is -2.20. The van der Waals surface area contributed by atoms with E-state index in [-0.39, 0.29) is 12.5 Å². The molecule has 0 bridgehead atoms. The molecule has 1 N–H and O–H groups in total. The van der Waals surface area contributed by atoms with E-state index in [9.17, 15) is 4.79 Å². The summed E-state index contributed by atoms with van der Waals surface area (Å²) in [6.07, 6.45) is 0. The number of amides is 1. The van der Waals surface area contributed by atoms with Gasteiger partial charge >= 0.3 is 0 Å². The number of nitrogens with one attached hydrogen (secondary N) is 1. The molecule has 0 unspecified atom stereocenters. The maximum absolute atomic E-state index is 12.2. The predicted octanol–water partition coefficient (Wildman–Crippen LogP) is 5.51. The average molecular weight is 370 g/mol. The standard InChI is InChI=1S/C20H16ClNO2S/c21-15-7-6-8-16(13-15)24-14-20(23)22-18-11-4-5-12-19(18)25-17-9-2-1-3-10-17/h1-13H,14H2,(H,22,23). The largest absolute Gasteiger partial charge is 0.484 e. The van der Waals surface area contributed by atoms with Crippen LogP contribution in [0.5, 0.6) is 5.75 Å². The Bertz CT molecular complexity index is 855. The van der Waals surface area contributed by atoms with Gasteiger partial charge in [0.15, 0.2) is 6.61 Å². The number of benzene rings is 3. The monoisotopic (exact) mass is 369 g/mol. The molecule has 0 saturated heterocycles. The van der Waals surface area contributed by atoms with Crippen molar-refractivity contribution in [3.63, 3.8) is 0 Å². The normalized spacial score (nSPS) is 10.3. The van der Waals surface area contributed by atoms with Crippen LogP contribution >= 0.6 is 23.4 Å². The third kappa shape index (κ3) is 5.28. The molecule has 126 valence electrons. The molecule has 0 saturated carbocycles. The fraction of sp³-hybridized carbons (Fsp3) is 0.0500. The van der Waals surface area contributed by atoms with Gasteiger partial charge in [-0.25, -0.2) is 0 Å². The first-order valence-corrected chi connectivity index (χ1v) is 8.90. The molecule has 1 amide bonds. The van der Waals surface area contributed by atoms with Gasteiger partial charge in [0, 0.05) is 14.8 Å². The zero-order valence-corrected chi connectivity index (χ0v) is 14.9. The van der Waals surface area contributed by atoms with Crippen molar-refractivity contribution in [2.24, 2.45) is 0 Å². The number of para-hydroxylation sites is 1. The van der Waals surface area contributed by atoms with E-state index in [1.54, 1.807) is 36.0 Å². The van der Waals surface area contributed by atoms with Crippen LogP contribution in [0.4, 0.5) is 5.69 Å². The van der Waals surface area contributed by atoms with Crippen LogP contribution in [0.2, 0.25) is 5.02 Å². The highest BCUT2D eigenvalue weighted by atomic mass is 35.5. The Morgan fingerprint density at radius 3 is 2.52 bits per heavy atom. The maximum atomic E-state index is 12.2. The van der Waals surface area contributed by atoms with Crippen LogP contribution < -0.4 is 10.1 Å². The fourth-order valence-electron chi connectivity index (χ4n) is 2.17. The zero-order valence-electron chi connectivity index (χ0n) is 13.3. The topological polar surface area (TPSA) is 38.3 Å². The fourth-order valence-corrected chi connectivity index (χ4v) is 3.27. The van der Waals surface area contributed by atoms with Crippen LogP contribution in [0.3, 0.4) is 0 Å². The number of hydrogen-bond acceptors (Lipinski definition) is 3. The van der Waals surface area contributed by atoms with Crippen LogP contribution in [-0.2, 0) is 4.79 Å². The number of rotatable bonds is 6. The Hall–Kier alpha value is -2.43. The highest BCUT2D eigenvalue weighted by Gasteiger charge is 2.09. The molecule has 0 spiro atoms. The molecule has 3 rings (SSSR count).